The molecule has 2 rings (SSSR count). The molecule has 0 amide bonds. The van der Waals surface area contributed by atoms with Crippen molar-refractivity contribution in [3.63, 3.8) is 0 Å². The van der Waals surface area contributed by atoms with E-state index in [0.29, 0.717) is 18.2 Å². The molecular formula is C10H7F4N3O4S2. The van der Waals surface area contributed by atoms with Gasteiger partial charge in [-0.3, -0.25) is 9.82 Å². The average molecular weight is 373 g/mol. The lowest BCUT2D eigenvalue weighted by atomic mass is 10.4. The number of nitrogens with one attached hydrogen (secondary N) is 2. The molecule has 1 aromatic heterocycles. The van der Waals surface area contributed by atoms with Gasteiger partial charge in [0.1, 0.15) is 5.69 Å². The number of anilines is 1. The van der Waals surface area contributed by atoms with Gasteiger partial charge in [-0.2, -0.15) is 26.7 Å². The van der Waals surface area contributed by atoms with Crippen LogP contribution in [0.3, 0.4) is 0 Å². The van der Waals surface area contributed by atoms with Gasteiger partial charge in [0, 0.05) is 6.07 Å². The van der Waals surface area contributed by atoms with Crippen LogP contribution in [0.25, 0.3) is 0 Å². The smallest absolute Gasteiger partial charge is 0.271 e. The molecule has 2 aromatic rings. The molecule has 1 heterocycles. The van der Waals surface area contributed by atoms with Crippen LogP contribution in [0.2, 0.25) is 0 Å². The Kier molecular flexibility index (Phi) is 4.11. The summed E-state index contributed by atoms with van der Waals surface area (Å²) in [4.78, 5) is -1.24. The van der Waals surface area contributed by atoms with Gasteiger partial charge in [0.25, 0.3) is 10.0 Å². The van der Waals surface area contributed by atoms with Crippen LogP contribution in [0, 0.1) is 0 Å². The number of alkyl halides is 3. The predicted molar refractivity (Wildman–Crippen MR) is 69.1 cm³/mol. The summed E-state index contributed by atoms with van der Waals surface area (Å²) < 4.78 is 96.7. The fourth-order valence-electron chi connectivity index (χ4n) is 1.50. The van der Waals surface area contributed by atoms with Crippen LogP contribution in [-0.4, -0.2) is 27.0 Å². The second kappa shape index (κ2) is 5.49. The third-order valence-corrected chi connectivity index (χ3v) is 4.74. The van der Waals surface area contributed by atoms with Crippen molar-refractivity contribution in [2.24, 2.45) is 0 Å². The Morgan fingerprint density at radius 3 is 1.96 bits per heavy atom. The zero-order valence-corrected chi connectivity index (χ0v) is 12.4. The van der Waals surface area contributed by atoms with Gasteiger partial charge in [0.05, 0.1) is 9.79 Å². The largest absolute Gasteiger partial charge is 0.432 e. The van der Waals surface area contributed by atoms with Crippen LogP contribution in [-0.2, 0) is 26.4 Å². The monoisotopic (exact) mass is 373 g/mol. The van der Waals surface area contributed by atoms with Crippen molar-refractivity contribution in [2.45, 2.75) is 16.0 Å². The first-order chi connectivity index (χ1) is 10.4. The molecule has 126 valence electrons. The normalized spacial score (nSPS) is 13.0. The summed E-state index contributed by atoms with van der Waals surface area (Å²) in [6.07, 6.45) is -4.73. The Labute approximate surface area is 127 Å². The Morgan fingerprint density at radius 1 is 1.00 bits per heavy atom. The highest BCUT2D eigenvalue weighted by molar-refractivity contribution is 7.92. The minimum absolute atomic E-state index is 0.442. The fourth-order valence-corrected chi connectivity index (χ4v) is 2.95. The molecule has 0 aliphatic heterocycles. The van der Waals surface area contributed by atoms with E-state index < -0.39 is 47.7 Å². The van der Waals surface area contributed by atoms with E-state index in [0.717, 1.165) is 12.1 Å². The van der Waals surface area contributed by atoms with Gasteiger partial charge in [-0.05, 0) is 24.3 Å². The van der Waals surface area contributed by atoms with Crippen LogP contribution >= 0.6 is 0 Å². The topological polar surface area (TPSA) is 109 Å². The Morgan fingerprint density at radius 2 is 1.52 bits per heavy atom. The van der Waals surface area contributed by atoms with Crippen molar-refractivity contribution in [3.8, 4) is 0 Å². The summed E-state index contributed by atoms with van der Waals surface area (Å²) in [5.41, 5.74) is -1.26. The molecule has 0 atom stereocenters. The second-order valence-corrected chi connectivity index (χ2v) is 7.21. The third-order valence-electron chi connectivity index (χ3n) is 2.54. The molecular weight excluding hydrogens is 366 g/mol. The molecule has 0 radical (unpaired) electrons. The number of hydrogen-bond donors (Lipinski definition) is 2. The van der Waals surface area contributed by atoms with E-state index in [2.05, 4.69) is 5.10 Å². The summed E-state index contributed by atoms with van der Waals surface area (Å²) in [5, 5.41) is 4.78. The number of benzene rings is 1. The van der Waals surface area contributed by atoms with E-state index in [9.17, 15) is 33.9 Å². The highest BCUT2D eigenvalue weighted by Crippen LogP contribution is 2.29. The minimum Gasteiger partial charge on any atom is -0.271 e. The van der Waals surface area contributed by atoms with Crippen LogP contribution in [0.5, 0.6) is 0 Å². The molecule has 13 heteroatoms. The standard InChI is InChI=1S/C10H7F4N3O4S2/c11-10(12,13)8-5-9(16-15-8)17-23(20,21)7-3-1-6(2-4-7)22(14,18)19/h1-5H,(H2,15,16,17). The third kappa shape index (κ3) is 3.98. The number of sulfonamides is 1. The van der Waals surface area contributed by atoms with Gasteiger partial charge in [-0.25, -0.2) is 8.42 Å². The molecule has 0 spiro atoms. The van der Waals surface area contributed by atoms with Crippen molar-refractivity contribution < 1.29 is 33.9 Å². The zero-order chi connectivity index (χ0) is 17.5. The van der Waals surface area contributed by atoms with E-state index in [4.69, 9.17) is 0 Å². The molecule has 0 saturated carbocycles. The van der Waals surface area contributed by atoms with E-state index in [-0.39, 0.29) is 0 Å². The molecule has 0 aliphatic carbocycles. The van der Waals surface area contributed by atoms with Crippen molar-refractivity contribution >= 4 is 26.1 Å². The van der Waals surface area contributed by atoms with E-state index >= 15 is 0 Å². The number of rotatable bonds is 4. The molecule has 7 nitrogen and oxygen atoms in total. The van der Waals surface area contributed by atoms with Crippen LogP contribution in [0.1, 0.15) is 5.69 Å². The number of aromatic amines is 1. The lowest BCUT2D eigenvalue weighted by molar-refractivity contribution is -0.141. The first-order valence-electron chi connectivity index (χ1n) is 5.60. The SMILES string of the molecule is O=S(=O)(F)c1ccc(S(=O)(=O)Nc2cc(C(F)(F)F)[nH]n2)cc1. The molecule has 2 N–H and O–H groups in total. The first kappa shape index (κ1) is 17.2. The number of hydrogen-bond acceptors (Lipinski definition) is 5. The highest BCUT2D eigenvalue weighted by Gasteiger charge is 2.33. The second-order valence-electron chi connectivity index (χ2n) is 4.18. The Bertz CT molecular complexity index is 918. The summed E-state index contributed by atoms with van der Waals surface area (Å²) in [7, 11) is -9.32. The molecule has 0 fully saturated rings. The van der Waals surface area contributed by atoms with Gasteiger partial charge >= 0.3 is 16.4 Å². The van der Waals surface area contributed by atoms with Crippen molar-refractivity contribution in [1.29, 1.82) is 0 Å². The lowest BCUT2D eigenvalue weighted by Gasteiger charge is -2.05. The maximum Gasteiger partial charge on any atom is 0.432 e. The van der Waals surface area contributed by atoms with E-state index in [1.54, 1.807) is 9.82 Å². The van der Waals surface area contributed by atoms with Gasteiger partial charge < -0.3 is 0 Å². The quantitative estimate of drug-likeness (QED) is 0.628. The van der Waals surface area contributed by atoms with E-state index in [1.807, 2.05) is 0 Å². The first-order valence-corrected chi connectivity index (χ1v) is 8.46. The van der Waals surface area contributed by atoms with Crippen LogP contribution in [0.4, 0.5) is 22.9 Å². The molecule has 0 bridgehead atoms. The summed E-state index contributed by atoms with van der Waals surface area (Å²) >= 11 is 0. The Balaban J connectivity index is 2.27. The van der Waals surface area contributed by atoms with Crippen molar-refractivity contribution in [3.05, 3.63) is 36.0 Å². The highest BCUT2D eigenvalue weighted by atomic mass is 32.3. The molecule has 0 unspecified atom stereocenters. The zero-order valence-electron chi connectivity index (χ0n) is 10.8. The van der Waals surface area contributed by atoms with Crippen LogP contribution in [0.15, 0.2) is 40.1 Å². The summed E-state index contributed by atoms with van der Waals surface area (Å²) in [6.45, 7) is 0. The van der Waals surface area contributed by atoms with Gasteiger partial charge in [0.2, 0.25) is 0 Å². The van der Waals surface area contributed by atoms with Crippen LogP contribution < -0.4 is 4.72 Å². The average Bonchev–Trinajstić information content (AvgIpc) is 2.85. The molecule has 0 aliphatic rings. The number of aromatic nitrogens is 2. The Hall–Kier alpha value is -2.15. The maximum atomic E-state index is 12.7. The van der Waals surface area contributed by atoms with Gasteiger partial charge in [-0.1, -0.05) is 0 Å². The lowest BCUT2D eigenvalue weighted by Crippen LogP contribution is -2.13. The van der Waals surface area contributed by atoms with E-state index in [1.165, 1.54) is 0 Å². The van der Waals surface area contributed by atoms with Gasteiger partial charge in [0.15, 0.2) is 5.82 Å². The van der Waals surface area contributed by atoms with Crippen molar-refractivity contribution in [1.82, 2.24) is 10.2 Å². The number of H-pyrrole nitrogens is 1. The predicted octanol–water partition coefficient (Wildman–Crippen LogP) is 1.89. The van der Waals surface area contributed by atoms with Crippen molar-refractivity contribution in [2.75, 3.05) is 4.72 Å². The molecule has 0 saturated heterocycles. The summed E-state index contributed by atoms with van der Waals surface area (Å²) in [5.74, 6) is -0.612. The maximum absolute atomic E-state index is 12.7. The summed E-state index contributed by atoms with van der Waals surface area (Å²) in [6, 6.07) is 3.42. The van der Waals surface area contributed by atoms with Gasteiger partial charge in [-0.15, -0.1) is 3.89 Å². The minimum atomic E-state index is -4.99. The number of halogens is 4. The fraction of sp³-hybridized carbons (Fsp3) is 0.100. The molecule has 23 heavy (non-hydrogen) atoms. The number of nitrogens with zero attached hydrogens (tertiary/aromatic N) is 1. The molecule has 1 aromatic carbocycles.